The first-order chi connectivity index (χ1) is 7.79. The summed E-state index contributed by atoms with van der Waals surface area (Å²) in [4.78, 5) is 15.9. The third kappa shape index (κ3) is 2.92. The molecule has 0 aliphatic heterocycles. The van der Waals surface area contributed by atoms with Crippen molar-refractivity contribution < 1.29 is 10.0 Å². The fourth-order valence-corrected chi connectivity index (χ4v) is 1.76. The molecular formula is C10H14BrN3O3. The average molecular weight is 304 g/mol. The van der Waals surface area contributed by atoms with Crippen molar-refractivity contribution in [2.24, 2.45) is 0 Å². The van der Waals surface area contributed by atoms with Crippen LogP contribution in [0.3, 0.4) is 0 Å². The fourth-order valence-electron chi connectivity index (χ4n) is 1.16. The molecule has 0 atom stereocenters. The monoisotopic (exact) mass is 303 g/mol. The van der Waals surface area contributed by atoms with E-state index in [-0.39, 0.29) is 12.3 Å². The van der Waals surface area contributed by atoms with Gasteiger partial charge in [0.2, 0.25) is 0 Å². The van der Waals surface area contributed by atoms with Gasteiger partial charge in [-0.15, -0.1) is 0 Å². The van der Waals surface area contributed by atoms with Crippen molar-refractivity contribution in [2.45, 2.75) is 19.4 Å². The molecule has 0 saturated carbocycles. The van der Waals surface area contributed by atoms with E-state index < -0.39 is 10.5 Å². The van der Waals surface area contributed by atoms with Crippen LogP contribution in [0.15, 0.2) is 16.7 Å². The number of nitrogens with zero attached hydrogens (tertiary/aromatic N) is 3. The molecule has 0 aromatic carbocycles. The lowest BCUT2D eigenvalue weighted by Crippen LogP contribution is -2.45. The summed E-state index contributed by atoms with van der Waals surface area (Å²) in [5.74, 6) is 0.551. The van der Waals surface area contributed by atoms with Crippen molar-refractivity contribution in [3.63, 3.8) is 0 Å². The summed E-state index contributed by atoms with van der Waals surface area (Å²) in [6, 6.07) is 1.40. The highest BCUT2D eigenvalue weighted by molar-refractivity contribution is 9.10. The quantitative estimate of drug-likeness (QED) is 0.679. The lowest BCUT2D eigenvalue weighted by molar-refractivity contribution is -0.385. The molecule has 1 heterocycles. The maximum absolute atomic E-state index is 10.6. The lowest BCUT2D eigenvalue weighted by atomic mass is 10.1. The summed E-state index contributed by atoms with van der Waals surface area (Å²) < 4.78 is 0.524. The third-order valence-electron chi connectivity index (χ3n) is 2.63. The molecule has 0 radical (unpaired) electrons. The minimum absolute atomic E-state index is 0.0470. The molecule has 1 rings (SSSR count). The summed E-state index contributed by atoms with van der Waals surface area (Å²) >= 11 is 3.25. The van der Waals surface area contributed by atoms with Crippen LogP contribution < -0.4 is 4.90 Å². The van der Waals surface area contributed by atoms with E-state index >= 15 is 0 Å². The van der Waals surface area contributed by atoms with Gasteiger partial charge < -0.3 is 10.0 Å². The fraction of sp³-hybridized carbons (Fsp3) is 0.500. The lowest BCUT2D eigenvalue weighted by Gasteiger charge is -2.35. The number of pyridine rings is 1. The molecule has 1 N–H and O–H groups in total. The van der Waals surface area contributed by atoms with E-state index in [0.29, 0.717) is 10.3 Å². The molecule has 7 heteroatoms. The average Bonchev–Trinajstić information content (AvgIpc) is 2.27. The second kappa shape index (κ2) is 4.97. The number of likely N-dealkylation sites (N-methyl/N-ethyl adjacent to an activating group) is 1. The Bertz CT molecular complexity index is 437. The molecule has 0 fully saturated rings. The van der Waals surface area contributed by atoms with Gasteiger partial charge in [-0.05, 0) is 29.8 Å². The molecule has 0 amide bonds. The van der Waals surface area contributed by atoms with E-state index in [9.17, 15) is 15.2 Å². The summed E-state index contributed by atoms with van der Waals surface area (Å²) in [6.45, 7) is 3.65. The number of aliphatic hydroxyl groups excluding tert-OH is 1. The van der Waals surface area contributed by atoms with Crippen LogP contribution >= 0.6 is 15.9 Å². The molecule has 1 aromatic rings. The van der Waals surface area contributed by atoms with E-state index in [0.717, 1.165) is 0 Å². The van der Waals surface area contributed by atoms with Gasteiger partial charge in [-0.3, -0.25) is 10.1 Å². The minimum Gasteiger partial charge on any atom is -0.394 e. The van der Waals surface area contributed by atoms with Gasteiger partial charge in [0.15, 0.2) is 0 Å². The molecule has 17 heavy (non-hydrogen) atoms. The zero-order valence-corrected chi connectivity index (χ0v) is 11.4. The number of aromatic nitrogens is 1. The predicted molar refractivity (Wildman–Crippen MR) is 68.2 cm³/mol. The highest BCUT2D eigenvalue weighted by Crippen LogP contribution is 2.30. The van der Waals surface area contributed by atoms with Crippen LogP contribution in [0.2, 0.25) is 0 Å². The Morgan fingerprint density at radius 2 is 2.24 bits per heavy atom. The van der Waals surface area contributed by atoms with Crippen LogP contribution in [0.1, 0.15) is 13.8 Å². The highest BCUT2D eigenvalue weighted by atomic mass is 79.9. The van der Waals surface area contributed by atoms with Crippen LogP contribution in [-0.4, -0.2) is 34.2 Å². The highest BCUT2D eigenvalue weighted by Gasteiger charge is 2.26. The normalized spacial score (nSPS) is 11.4. The van der Waals surface area contributed by atoms with E-state index in [1.165, 1.54) is 12.3 Å². The molecule has 6 nitrogen and oxygen atoms in total. The molecule has 0 unspecified atom stereocenters. The van der Waals surface area contributed by atoms with Crippen LogP contribution in [0.5, 0.6) is 0 Å². The number of hydrogen-bond acceptors (Lipinski definition) is 5. The molecule has 0 aliphatic rings. The SMILES string of the molecule is CN(c1ncc([N+](=O)[O-])cc1Br)C(C)(C)CO. The van der Waals surface area contributed by atoms with Gasteiger partial charge in [-0.1, -0.05) is 0 Å². The zero-order valence-electron chi connectivity index (χ0n) is 9.85. The van der Waals surface area contributed by atoms with Crippen molar-refractivity contribution in [3.8, 4) is 0 Å². The first-order valence-electron chi connectivity index (χ1n) is 4.94. The number of anilines is 1. The Morgan fingerprint density at radius 3 is 2.65 bits per heavy atom. The van der Waals surface area contributed by atoms with Crippen molar-refractivity contribution in [1.82, 2.24) is 4.98 Å². The molecule has 1 aromatic heterocycles. The second-order valence-electron chi connectivity index (χ2n) is 4.29. The van der Waals surface area contributed by atoms with E-state index in [1.807, 2.05) is 13.8 Å². The van der Waals surface area contributed by atoms with Crippen molar-refractivity contribution >= 4 is 27.4 Å². The molecule has 0 aliphatic carbocycles. The minimum atomic E-state index is -0.501. The second-order valence-corrected chi connectivity index (χ2v) is 5.14. The van der Waals surface area contributed by atoms with Gasteiger partial charge in [0.05, 0.1) is 21.5 Å². The first kappa shape index (κ1) is 13.9. The number of rotatable bonds is 4. The van der Waals surface area contributed by atoms with Crippen molar-refractivity contribution in [2.75, 3.05) is 18.6 Å². The Balaban J connectivity index is 3.12. The Labute approximate surface area is 108 Å². The van der Waals surface area contributed by atoms with Crippen molar-refractivity contribution in [3.05, 3.63) is 26.9 Å². The third-order valence-corrected chi connectivity index (χ3v) is 3.21. The number of hydrogen-bond donors (Lipinski definition) is 1. The van der Waals surface area contributed by atoms with Gasteiger partial charge in [-0.25, -0.2) is 4.98 Å². The standard InChI is InChI=1S/C10H14BrN3O3/c1-10(2,6-15)13(3)9-8(11)4-7(5-12-9)14(16)17/h4-5,15H,6H2,1-3H3. The van der Waals surface area contributed by atoms with E-state index in [1.54, 1.807) is 11.9 Å². The molecule has 0 bridgehead atoms. The molecule has 0 spiro atoms. The summed E-state index contributed by atoms with van der Waals surface area (Å²) in [5.41, 5.74) is -0.568. The number of nitro groups is 1. The van der Waals surface area contributed by atoms with Gasteiger partial charge in [0.1, 0.15) is 12.0 Å². The van der Waals surface area contributed by atoms with E-state index in [4.69, 9.17) is 0 Å². The van der Waals surface area contributed by atoms with Crippen LogP contribution in [0, 0.1) is 10.1 Å². The summed E-state index contributed by atoms with van der Waals surface area (Å²) in [5, 5.41) is 19.8. The van der Waals surface area contributed by atoms with Crippen LogP contribution in [0.25, 0.3) is 0 Å². The van der Waals surface area contributed by atoms with Gasteiger partial charge in [0, 0.05) is 13.1 Å². The Hall–Kier alpha value is -1.21. The first-order valence-corrected chi connectivity index (χ1v) is 5.73. The molecular weight excluding hydrogens is 290 g/mol. The van der Waals surface area contributed by atoms with Gasteiger partial charge in [-0.2, -0.15) is 0 Å². The summed E-state index contributed by atoms with van der Waals surface area (Å²) in [6.07, 6.45) is 1.20. The van der Waals surface area contributed by atoms with Gasteiger partial charge >= 0.3 is 0 Å². The molecule has 0 saturated heterocycles. The summed E-state index contributed by atoms with van der Waals surface area (Å²) in [7, 11) is 1.77. The van der Waals surface area contributed by atoms with Gasteiger partial charge in [0.25, 0.3) is 5.69 Å². The zero-order chi connectivity index (χ0) is 13.2. The smallest absolute Gasteiger partial charge is 0.288 e. The number of halogens is 1. The van der Waals surface area contributed by atoms with Crippen LogP contribution in [-0.2, 0) is 0 Å². The maximum Gasteiger partial charge on any atom is 0.288 e. The van der Waals surface area contributed by atoms with Crippen molar-refractivity contribution in [1.29, 1.82) is 0 Å². The predicted octanol–water partition coefficient (Wildman–Crippen LogP) is 1.96. The maximum atomic E-state index is 10.6. The van der Waals surface area contributed by atoms with E-state index in [2.05, 4.69) is 20.9 Å². The van der Waals surface area contributed by atoms with Crippen LogP contribution in [0.4, 0.5) is 11.5 Å². The largest absolute Gasteiger partial charge is 0.394 e. The molecule has 94 valence electrons. The number of aliphatic hydroxyl groups is 1. The Morgan fingerprint density at radius 1 is 1.65 bits per heavy atom. The Kier molecular flexibility index (Phi) is 4.05. The topological polar surface area (TPSA) is 79.5 Å².